The topological polar surface area (TPSA) is 55.4 Å². The van der Waals surface area contributed by atoms with Crippen molar-refractivity contribution >= 4 is 9.84 Å². The zero-order valence-electron chi connectivity index (χ0n) is 10.9. The summed E-state index contributed by atoms with van der Waals surface area (Å²) in [6.45, 7) is 4.45. The van der Waals surface area contributed by atoms with Gasteiger partial charge in [-0.15, -0.1) is 0 Å². The second-order valence-electron chi connectivity index (χ2n) is 4.82. The first-order chi connectivity index (χ1) is 8.09. The molecular weight excluding hydrogens is 238 g/mol. The van der Waals surface area contributed by atoms with Crippen molar-refractivity contribution in [1.82, 2.24) is 5.32 Å². The van der Waals surface area contributed by atoms with Gasteiger partial charge in [0.05, 0.1) is 11.5 Å². The van der Waals surface area contributed by atoms with Gasteiger partial charge in [0.2, 0.25) is 0 Å². The summed E-state index contributed by atoms with van der Waals surface area (Å²) in [7, 11) is -0.824. The molecule has 0 aliphatic carbocycles. The van der Waals surface area contributed by atoms with Crippen molar-refractivity contribution in [3.8, 4) is 0 Å². The Morgan fingerprint density at radius 2 is 2.24 bits per heavy atom. The van der Waals surface area contributed by atoms with Gasteiger partial charge in [-0.1, -0.05) is 0 Å². The number of nitrogens with one attached hydrogen (secondary N) is 1. The van der Waals surface area contributed by atoms with Gasteiger partial charge in [0, 0.05) is 13.2 Å². The van der Waals surface area contributed by atoms with Gasteiger partial charge in [-0.25, -0.2) is 8.42 Å². The SMILES string of the molecule is CCOCCCC(CNC)C1CCS(=O)(=O)C1. The van der Waals surface area contributed by atoms with E-state index in [1.807, 2.05) is 14.0 Å². The van der Waals surface area contributed by atoms with E-state index in [2.05, 4.69) is 5.32 Å². The van der Waals surface area contributed by atoms with Crippen LogP contribution in [0.1, 0.15) is 26.2 Å². The van der Waals surface area contributed by atoms with Gasteiger partial charge < -0.3 is 10.1 Å². The highest BCUT2D eigenvalue weighted by molar-refractivity contribution is 7.91. The van der Waals surface area contributed by atoms with Crippen LogP contribution in [-0.4, -0.2) is 46.7 Å². The van der Waals surface area contributed by atoms with Crippen molar-refractivity contribution in [2.75, 3.05) is 38.3 Å². The van der Waals surface area contributed by atoms with Crippen LogP contribution in [0.3, 0.4) is 0 Å². The minimum absolute atomic E-state index is 0.342. The highest BCUT2D eigenvalue weighted by atomic mass is 32.2. The fourth-order valence-electron chi connectivity index (χ4n) is 2.55. The molecule has 0 aromatic rings. The van der Waals surface area contributed by atoms with Gasteiger partial charge >= 0.3 is 0 Å². The third-order valence-electron chi connectivity index (χ3n) is 3.47. The molecule has 1 heterocycles. The summed E-state index contributed by atoms with van der Waals surface area (Å²) < 4.78 is 28.3. The van der Waals surface area contributed by atoms with Gasteiger partial charge in [0.1, 0.15) is 0 Å². The molecule has 0 amide bonds. The first-order valence-corrected chi connectivity index (χ1v) is 8.34. The molecule has 1 N–H and O–H groups in total. The number of hydrogen-bond acceptors (Lipinski definition) is 4. The summed E-state index contributed by atoms with van der Waals surface area (Å²) >= 11 is 0. The molecule has 0 saturated carbocycles. The lowest BCUT2D eigenvalue weighted by molar-refractivity contribution is 0.136. The number of ether oxygens (including phenoxy) is 1. The molecule has 0 aromatic heterocycles. The van der Waals surface area contributed by atoms with Crippen LogP contribution >= 0.6 is 0 Å². The molecule has 2 unspecified atom stereocenters. The first kappa shape index (κ1) is 14.9. The molecule has 0 radical (unpaired) electrons. The van der Waals surface area contributed by atoms with Gasteiger partial charge in [0.15, 0.2) is 9.84 Å². The van der Waals surface area contributed by atoms with Crippen molar-refractivity contribution in [2.45, 2.75) is 26.2 Å². The molecule has 0 spiro atoms. The summed E-state index contributed by atoms with van der Waals surface area (Å²) in [6, 6.07) is 0. The molecule has 5 heteroatoms. The molecule has 2 atom stereocenters. The first-order valence-electron chi connectivity index (χ1n) is 6.52. The maximum atomic E-state index is 11.5. The quantitative estimate of drug-likeness (QED) is 0.666. The van der Waals surface area contributed by atoms with E-state index >= 15 is 0 Å². The largest absolute Gasteiger partial charge is 0.382 e. The van der Waals surface area contributed by atoms with E-state index in [1.165, 1.54) is 0 Å². The van der Waals surface area contributed by atoms with Gasteiger partial charge in [-0.3, -0.25) is 0 Å². The molecule has 1 aliphatic heterocycles. The number of hydrogen-bond donors (Lipinski definition) is 1. The van der Waals surface area contributed by atoms with Crippen LogP contribution < -0.4 is 5.32 Å². The number of rotatable bonds is 8. The van der Waals surface area contributed by atoms with Crippen LogP contribution in [0.5, 0.6) is 0 Å². The van der Waals surface area contributed by atoms with Crippen LogP contribution in [0.15, 0.2) is 0 Å². The maximum absolute atomic E-state index is 11.5. The molecule has 4 nitrogen and oxygen atoms in total. The van der Waals surface area contributed by atoms with E-state index in [9.17, 15) is 8.42 Å². The van der Waals surface area contributed by atoms with E-state index in [1.54, 1.807) is 0 Å². The van der Waals surface area contributed by atoms with Gasteiger partial charge in [-0.2, -0.15) is 0 Å². The Morgan fingerprint density at radius 3 is 2.76 bits per heavy atom. The van der Waals surface area contributed by atoms with E-state index in [0.717, 1.165) is 39.0 Å². The molecule has 0 bridgehead atoms. The molecule has 0 aromatic carbocycles. The lowest BCUT2D eigenvalue weighted by Gasteiger charge is -2.22. The summed E-state index contributed by atoms with van der Waals surface area (Å²) in [5.41, 5.74) is 0. The summed E-state index contributed by atoms with van der Waals surface area (Å²) in [5.74, 6) is 1.57. The smallest absolute Gasteiger partial charge is 0.150 e. The molecule has 1 aliphatic rings. The fourth-order valence-corrected chi connectivity index (χ4v) is 4.47. The zero-order valence-corrected chi connectivity index (χ0v) is 11.8. The van der Waals surface area contributed by atoms with E-state index < -0.39 is 9.84 Å². The van der Waals surface area contributed by atoms with E-state index in [-0.39, 0.29) is 0 Å². The predicted octanol–water partition coefficient (Wildman–Crippen LogP) is 1.07. The zero-order chi connectivity index (χ0) is 12.7. The van der Waals surface area contributed by atoms with Gasteiger partial charge in [0.25, 0.3) is 0 Å². The molecular formula is C12H25NO3S. The van der Waals surface area contributed by atoms with Crippen molar-refractivity contribution in [3.05, 3.63) is 0 Å². The van der Waals surface area contributed by atoms with Crippen LogP contribution in [0.2, 0.25) is 0 Å². The van der Waals surface area contributed by atoms with E-state index in [4.69, 9.17) is 4.74 Å². The van der Waals surface area contributed by atoms with Gasteiger partial charge in [-0.05, 0) is 51.6 Å². The minimum Gasteiger partial charge on any atom is -0.382 e. The average Bonchev–Trinajstić information content (AvgIpc) is 2.63. The van der Waals surface area contributed by atoms with Crippen molar-refractivity contribution in [3.63, 3.8) is 0 Å². The Hall–Kier alpha value is -0.130. The van der Waals surface area contributed by atoms with Crippen LogP contribution in [-0.2, 0) is 14.6 Å². The third kappa shape index (κ3) is 5.36. The second kappa shape index (κ2) is 7.34. The Balaban J connectivity index is 2.37. The Labute approximate surface area is 105 Å². The fraction of sp³-hybridized carbons (Fsp3) is 1.00. The van der Waals surface area contributed by atoms with Crippen LogP contribution in [0.25, 0.3) is 0 Å². The highest BCUT2D eigenvalue weighted by Crippen LogP contribution is 2.28. The Bertz CT molecular complexity index is 303. The summed E-state index contributed by atoms with van der Waals surface area (Å²) in [5, 5.41) is 3.18. The Kier molecular flexibility index (Phi) is 6.44. The van der Waals surface area contributed by atoms with Crippen molar-refractivity contribution < 1.29 is 13.2 Å². The van der Waals surface area contributed by atoms with Crippen LogP contribution in [0, 0.1) is 11.8 Å². The summed E-state index contributed by atoms with van der Waals surface area (Å²) in [6.07, 6.45) is 2.92. The standard InChI is InChI=1S/C12H25NO3S/c1-3-16-7-4-5-11(9-13-2)12-6-8-17(14,15)10-12/h11-13H,3-10H2,1-2H3. The monoisotopic (exact) mass is 263 g/mol. The maximum Gasteiger partial charge on any atom is 0.150 e. The lowest BCUT2D eigenvalue weighted by Crippen LogP contribution is -2.27. The molecule has 1 saturated heterocycles. The van der Waals surface area contributed by atoms with Crippen molar-refractivity contribution in [1.29, 1.82) is 0 Å². The van der Waals surface area contributed by atoms with E-state index in [0.29, 0.717) is 23.3 Å². The Morgan fingerprint density at radius 1 is 1.47 bits per heavy atom. The highest BCUT2D eigenvalue weighted by Gasteiger charge is 2.32. The van der Waals surface area contributed by atoms with Crippen molar-refractivity contribution in [2.24, 2.45) is 11.8 Å². The molecule has 1 fully saturated rings. The predicted molar refractivity (Wildman–Crippen MR) is 69.9 cm³/mol. The van der Waals surface area contributed by atoms with Crippen LogP contribution in [0.4, 0.5) is 0 Å². The lowest BCUT2D eigenvalue weighted by atomic mass is 9.88. The summed E-state index contributed by atoms with van der Waals surface area (Å²) in [4.78, 5) is 0. The normalized spacial score (nSPS) is 24.9. The minimum atomic E-state index is -2.75. The third-order valence-corrected chi connectivity index (χ3v) is 5.26. The second-order valence-corrected chi connectivity index (χ2v) is 7.05. The molecule has 1 rings (SSSR count). The molecule has 17 heavy (non-hydrogen) atoms. The average molecular weight is 263 g/mol. The molecule has 102 valence electrons. The number of sulfone groups is 1.